The molecule has 6 heteroatoms. The van der Waals surface area contributed by atoms with Crippen molar-refractivity contribution in [3.63, 3.8) is 0 Å². The number of amides is 1. The van der Waals surface area contributed by atoms with Crippen molar-refractivity contribution in [1.29, 1.82) is 0 Å². The molecule has 0 saturated carbocycles. The summed E-state index contributed by atoms with van der Waals surface area (Å²) in [5, 5.41) is 5.72. The second kappa shape index (κ2) is 7.38. The van der Waals surface area contributed by atoms with E-state index in [-0.39, 0.29) is 30.6 Å². The van der Waals surface area contributed by atoms with E-state index in [1.165, 1.54) is 0 Å². The van der Waals surface area contributed by atoms with Crippen LogP contribution in [0.15, 0.2) is 11.6 Å². The Labute approximate surface area is 123 Å². The lowest BCUT2D eigenvalue weighted by molar-refractivity contribution is -0.155. The number of hydrogen-bond acceptors (Lipinski definition) is 5. The van der Waals surface area contributed by atoms with Gasteiger partial charge in [0.05, 0.1) is 11.4 Å². The number of esters is 1. The van der Waals surface area contributed by atoms with E-state index in [2.05, 4.69) is 10.3 Å². The van der Waals surface area contributed by atoms with Crippen LogP contribution < -0.4 is 5.32 Å². The second-order valence-electron chi connectivity index (χ2n) is 5.66. The lowest BCUT2D eigenvalue weighted by atomic mass is 10.2. The first-order chi connectivity index (χ1) is 9.28. The Bertz CT molecular complexity index is 438. The predicted molar refractivity (Wildman–Crippen MR) is 78.6 cm³/mol. The molecule has 1 N–H and O–H groups in total. The molecule has 1 rings (SSSR count). The number of aromatic nitrogens is 1. The van der Waals surface area contributed by atoms with Gasteiger partial charge in [-0.2, -0.15) is 0 Å². The van der Waals surface area contributed by atoms with Crippen LogP contribution in [0.5, 0.6) is 0 Å². The first-order valence-electron chi connectivity index (χ1n) is 6.66. The third-order valence-corrected chi connectivity index (χ3v) is 3.46. The molecule has 0 aliphatic carbocycles. The summed E-state index contributed by atoms with van der Waals surface area (Å²) >= 11 is 1.57. The maximum Gasteiger partial charge on any atom is 0.306 e. The fraction of sp³-hybridized carbons (Fsp3) is 0.643. The normalized spacial score (nSPS) is 12.8. The van der Waals surface area contributed by atoms with Gasteiger partial charge in [0, 0.05) is 30.5 Å². The molecule has 5 nitrogen and oxygen atoms in total. The van der Waals surface area contributed by atoms with E-state index in [4.69, 9.17) is 4.74 Å². The summed E-state index contributed by atoms with van der Waals surface area (Å²) in [5.41, 5.74) is -0.507. The minimum atomic E-state index is -0.507. The molecule has 112 valence electrons. The SMILES string of the molecule is CC(CNC(=O)CCC(=O)OC(C)(C)C)c1nccs1. The molecular weight excluding hydrogens is 276 g/mol. The predicted octanol–water partition coefficient (Wildman–Crippen LogP) is 2.48. The molecule has 0 aromatic carbocycles. The number of ether oxygens (including phenoxy) is 1. The van der Waals surface area contributed by atoms with Gasteiger partial charge in [0.2, 0.25) is 5.91 Å². The van der Waals surface area contributed by atoms with Crippen molar-refractivity contribution in [2.75, 3.05) is 6.54 Å². The van der Waals surface area contributed by atoms with E-state index >= 15 is 0 Å². The monoisotopic (exact) mass is 298 g/mol. The van der Waals surface area contributed by atoms with Gasteiger partial charge < -0.3 is 10.1 Å². The zero-order valence-electron chi connectivity index (χ0n) is 12.4. The zero-order chi connectivity index (χ0) is 15.2. The van der Waals surface area contributed by atoms with Crippen LogP contribution in [-0.4, -0.2) is 29.0 Å². The van der Waals surface area contributed by atoms with E-state index in [1.807, 2.05) is 12.3 Å². The van der Waals surface area contributed by atoms with Gasteiger partial charge in [0.15, 0.2) is 0 Å². The summed E-state index contributed by atoms with van der Waals surface area (Å²) in [7, 11) is 0. The molecule has 0 fully saturated rings. The molecule has 1 heterocycles. The third-order valence-electron chi connectivity index (χ3n) is 2.45. The largest absolute Gasteiger partial charge is 0.460 e. The number of rotatable bonds is 6. The van der Waals surface area contributed by atoms with Crippen molar-refractivity contribution in [3.8, 4) is 0 Å². The molecule has 0 aliphatic heterocycles. The summed E-state index contributed by atoms with van der Waals surface area (Å²) in [6.45, 7) is 7.95. The Balaban J connectivity index is 2.22. The Morgan fingerprint density at radius 2 is 2.10 bits per heavy atom. The van der Waals surface area contributed by atoms with Gasteiger partial charge in [0.1, 0.15) is 5.60 Å². The highest BCUT2D eigenvalue weighted by atomic mass is 32.1. The number of nitrogens with one attached hydrogen (secondary N) is 1. The van der Waals surface area contributed by atoms with Crippen LogP contribution in [0.2, 0.25) is 0 Å². The fourth-order valence-electron chi connectivity index (χ4n) is 1.53. The Morgan fingerprint density at radius 1 is 1.40 bits per heavy atom. The smallest absolute Gasteiger partial charge is 0.306 e. The molecule has 1 atom stereocenters. The molecule has 0 radical (unpaired) electrons. The van der Waals surface area contributed by atoms with Crippen molar-refractivity contribution >= 4 is 23.2 Å². The molecule has 0 aliphatic rings. The van der Waals surface area contributed by atoms with Crippen molar-refractivity contribution in [2.24, 2.45) is 0 Å². The fourth-order valence-corrected chi connectivity index (χ4v) is 2.23. The summed E-state index contributed by atoms with van der Waals surface area (Å²) < 4.78 is 5.15. The van der Waals surface area contributed by atoms with E-state index in [9.17, 15) is 9.59 Å². The van der Waals surface area contributed by atoms with Gasteiger partial charge in [-0.05, 0) is 20.8 Å². The average Bonchev–Trinajstić information content (AvgIpc) is 2.85. The van der Waals surface area contributed by atoms with E-state index in [0.29, 0.717) is 6.54 Å². The molecule has 1 aromatic rings. The number of hydrogen-bond donors (Lipinski definition) is 1. The van der Waals surface area contributed by atoms with Gasteiger partial charge in [-0.25, -0.2) is 4.98 Å². The Kier molecular flexibility index (Phi) is 6.13. The van der Waals surface area contributed by atoms with Gasteiger partial charge in [0.25, 0.3) is 0 Å². The van der Waals surface area contributed by atoms with Crippen LogP contribution in [0.25, 0.3) is 0 Å². The second-order valence-corrected chi connectivity index (χ2v) is 6.59. The quantitative estimate of drug-likeness (QED) is 0.819. The van der Waals surface area contributed by atoms with Crippen molar-refractivity contribution in [3.05, 3.63) is 16.6 Å². The van der Waals surface area contributed by atoms with Crippen LogP contribution in [-0.2, 0) is 14.3 Å². The molecular formula is C14H22N2O3S. The summed E-state index contributed by atoms with van der Waals surface area (Å²) in [6.07, 6.45) is 2.01. The lowest BCUT2D eigenvalue weighted by Crippen LogP contribution is -2.29. The maximum absolute atomic E-state index is 11.7. The van der Waals surface area contributed by atoms with Crippen LogP contribution in [0.1, 0.15) is 51.5 Å². The number of carbonyl (C=O) groups excluding carboxylic acids is 2. The molecule has 20 heavy (non-hydrogen) atoms. The Hall–Kier alpha value is -1.43. The molecule has 0 saturated heterocycles. The zero-order valence-corrected chi connectivity index (χ0v) is 13.3. The van der Waals surface area contributed by atoms with Crippen molar-refractivity contribution in [2.45, 2.75) is 52.1 Å². The van der Waals surface area contributed by atoms with Crippen molar-refractivity contribution in [1.82, 2.24) is 10.3 Å². The third kappa shape index (κ3) is 6.65. The molecule has 0 bridgehead atoms. The van der Waals surface area contributed by atoms with Crippen LogP contribution in [0.3, 0.4) is 0 Å². The summed E-state index contributed by atoms with van der Waals surface area (Å²) in [5.74, 6) is -0.305. The van der Waals surface area contributed by atoms with Crippen LogP contribution in [0, 0.1) is 0 Å². The maximum atomic E-state index is 11.7. The minimum Gasteiger partial charge on any atom is -0.460 e. The Morgan fingerprint density at radius 3 is 2.65 bits per heavy atom. The highest BCUT2D eigenvalue weighted by molar-refractivity contribution is 7.09. The lowest BCUT2D eigenvalue weighted by Gasteiger charge is -2.19. The number of nitrogens with zero attached hydrogens (tertiary/aromatic N) is 1. The molecule has 1 unspecified atom stereocenters. The van der Waals surface area contributed by atoms with Gasteiger partial charge in [-0.15, -0.1) is 11.3 Å². The van der Waals surface area contributed by atoms with E-state index in [1.54, 1.807) is 38.3 Å². The van der Waals surface area contributed by atoms with Crippen LogP contribution in [0.4, 0.5) is 0 Å². The topological polar surface area (TPSA) is 68.3 Å². The minimum absolute atomic E-state index is 0.106. The first-order valence-corrected chi connectivity index (χ1v) is 7.54. The highest BCUT2D eigenvalue weighted by Crippen LogP contribution is 2.16. The summed E-state index contributed by atoms with van der Waals surface area (Å²) in [6, 6.07) is 0. The number of carbonyl (C=O) groups is 2. The van der Waals surface area contributed by atoms with E-state index in [0.717, 1.165) is 5.01 Å². The van der Waals surface area contributed by atoms with E-state index < -0.39 is 5.60 Å². The van der Waals surface area contributed by atoms with Gasteiger partial charge in [-0.3, -0.25) is 9.59 Å². The summed E-state index contributed by atoms with van der Waals surface area (Å²) in [4.78, 5) is 27.3. The molecule has 1 aromatic heterocycles. The highest BCUT2D eigenvalue weighted by Gasteiger charge is 2.17. The molecule has 0 spiro atoms. The van der Waals surface area contributed by atoms with Gasteiger partial charge in [-0.1, -0.05) is 6.92 Å². The average molecular weight is 298 g/mol. The first kappa shape index (κ1) is 16.6. The van der Waals surface area contributed by atoms with Crippen LogP contribution >= 0.6 is 11.3 Å². The molecule has 1 amide bonds. The van der Waals surface area contributed by atoms with Gasteiger partial charge >= 0.3 is 5.97 Å². The number of thiazole rings is 1. The van der Waals surface area contributed by atoms with Crippen molar-refractivity contribution < 1.29 is 14.3 Å². The standard InChI is InChI=1S/C14H22N2O3S/c1-10(13-15-7-8-20-13)9-16-11(17)5-6-12(18)19-14(2,3)4/h7-8,10H,5-6,9H2,1-4H3,(H,16,17).